The van der Waals surface area contributed by atoms with Gasteiger partial charge in [0.05, 0.1) is 11.6 Å². The molecule has 0 atom stereocenters. The van der Waals surface area contributed by atoms with Crippen molar-refractivity contribution in [2.24, 2.45) is 0 Å². The lowest BCUT2D eigenvalue weighted by Gasteiger charge is -2.10. The second-order valence-electron chi connectivity index (χ2n) is 5.86. The lowest BCUT2D eigenvalue weighted by atomic mass is 10.2. The number of rotatable bonds is 8. The van der Waals surface area contributed by atoms with Gasteiger partial charge in [-0.05, 0) is 66.9 Å². The van der Waals surface area contributed by atoms with E-state index in [-0.39, 0.29) is 11.8 Å². The summed E-state index contributed by atoms with van der Waals surface area (Å²) in [5.41, 5.74) is 2.93. The third-order valence-corrected chi connectivity index (χ3v) is 4.79. The highest BCUT2D eigenvalue weighted by molar-refractivity contribution is 8.00. The molecule has 0 amide bonds. The monoisotopic (exact) mass is 403 g/mol. The molecule has 0 aliphatic heterocycles. The first-order valence-corrected chi connectivity index (χ1v) is 9.51. The van der Waals surface area contributed by atoms with E-state index in [0.29, 0.717) is 12.3 Å². The zero-order valence-electron chi connectivity index (χ0n) is 14.7. The van der Waals surface area contributed by atoms with Crippen molar-refractivity contribution in [1.29, 1.82) is 0 Å². The number of anilines is 2. The molecular formula is C20H19ClFN3OS. The second-order valence-corrected chi connectivity index (χ2v) is 7.15. The van der Waals surface area contributed by atoms with Gasteiger partial charge < -0.3 is 14.8 Å². The summed E-state index contributed by atoms with van der Waals surface area (Å²) in [5, 5.41) is 3.12. The van der Waals surface area contributed by atoms with Gasteiger partial charge in [-0.2, -0.15) is 0 Å². The van der Waals surface area contributed by atoms with E-state index in [1.54, 1.807) is 12.3 Å². The minimum Gasteiger partial charge on any atom is -0.363 e. The van der Waals surface area contributed by atoms with Crippen LogP contribution in [0, 0.1) is 12.7 Å². The van der Waals surface area contributed by atoms with Crippen LogP contribution >= 0.6 is 23.5 Å². The van der Waals surface area contributed by atoms with E-state index in [1.165, 1.54) is 29.6 Å². The fourth-order valence-electron chi connectivity index (χ4n) is 2.25. The number of aryl methyl sites for hydroxylation is 1. The molecule has 1 aromatic heterocycles. The van der Waals surface area contributed by atoms with E-state index in [4.69, 9.17) is 16.3 Å². The van der Waals surface area contributed by atoms with Crippen molar-refractivity contribution in [3.63, 3.8) is 0 Å². The van der Waals surface area contributed by atoms with Gasteiger partial charge >= 0.3 is 0 Å². The van der Waals surface area contributed by atoms with E-state index >= 15 is 0 Å². The second kappa shape index (κ2) is 9.60. The fraction of sp³-hybridized carbons (Fsp3) is 0.150. The molecule has 0 aliphatic carbocycles. The van der Waals surface area contributed by atoms with E-state index in [2.05, 4.69) is 46.2 Å². The SMILES string of the molecule is Cc1ccc(SNc2cc(COCNc3ccc(F)c(Cl)c3)ccn2)cc1. The van der Waals surface area contributed by atoms with Crippen molar-refractivity contribution in [2.75, 3.05) is 16.8 Å². The molecule has 7 heteroatoms. The summed E-state index contributed by atoms with van der Waals surface area (Å²) in [6, 6.07) is 16.6. The molecule has 2 N–H and O–H groups in total. The Morgan fingerprint density at radius 3 is 2.70 bits per heavy atom. The smallest absolute Gasteiger partial charge is 0.141 e. The molecule has 0 unspecified atom stereocenters. The van der Waals surface area contributed by atoms with Crippen molar-refractivity contribution in [1.82, 2.24) is 4.98 Å². The van der Waals surface area contributed by atoms with Crippen LogP contribution in [-0.4, -0.2) is 11.7 Å². The zero-order valence-corrected chi connectivity index (χ0v) is 16.3. The topological polar surface area (TPSA) is 46.2 Å². The van der Waals surface area contributed by atoms with Gasteiger partial charge in [-0.25, -0.2) is 9.37 Å². The zero-order chi connectivity index (χ0) is 19.1. The molecule has 27 heavy (non-hydrogen) atoms. The Bertz CT molecular complexity index is 893. The van der Waals surface area contributed by atoms with Crippen molar-refractivity contribution in [2.45, 2.75) is 18.4 Å². The predicted molar refractivity (Wildman–Crippen MR) is 110 cm³/mol. The van der Waals surface area contributed by atoms with Crippen LogP contribution in [0.25, 0.3) is 0 Å². The third kappa shape index (κ3) is 6.13. The minimum atomic E-state index is -0.441. The molecule has 0 spiro atoms. The summed E-state index contributed by atoms with van der Waals surface area (Å²) >= 11 is 7.26. The van der Waals surface area contributed by atoms with E-state index < -0.39 is 5.82 Å². The van der Waals surface area contributed by atoms with Crippen LogP contribution in [0.4, 0.5) is 15.9 Å². The number of pyridine rings is 1. The Balaban J connectivity index is 1.45. The molecule has 2 aromatic carbocycles. The van der Waals surface area contributed by atoms with Gasteiger partial charge in [0.25, 0.3) is 0 Å². The molecule has 0 bridgehead atoms. The largest absolute Gasteiger partial charge is 0.363 e. The van der Waals surface area contributed by atoms with Crippen LogP contribution in [0.5, 0.6) is 0 Å². The Labute approximate surface area is 167 Å². The van der Waals surface area contributed by atoms with Crippen molar-refractivity contribution < 1.29 is 9.13 Å². The lowest BCUT2D eigenvalue weighted by molar-refractivity contribution is 0.138. The molecule has 0 radical (unpaired) electrons. The average Bonchev–Trinajstić information content (AvgIpc) is 2.68. The van der Waals surface area contributed by atoms with Crippen molar-refractivity contribution >= 4 is 35.1 Å². The number of ether oxygens (including phenoxy) is 1. The normalized spacial score (nSPS) is 10.6. The molecule has 3 rings (SSSR count). The Morgan fingerprint density at radius 2 is 1.93 bits per heavy atom. The molecule has 3 aromatic rings. The highest BCUT2D eigenvalue weighted by atomic mass is 35.5. The summed E-state index contributed by atoms with van der Waals surface area (Å²) in [6.07, 6.45) is 1.74. The summed E-state index contributed by atoms with van der Waals surface area (Å²) in [4.78, 5) is 5.43. The highest BCUT2D eigenvalue weighted by Crippen LogP contribution is 2.21. The number of hydrogen-bond acceptors (Lipinski definition) is 5. The van der Waals surface area contributed by atoms with Gasteiger partial charge in [0.1, 0.15) is 18.4 Å². The van der Waals surface area contributed by atoms with Crippen LogP contribution in [0.1, 0.15) is 11.1 Å². The Hall–Kier alpha value is -2.28. The molecule has 140 valence electrons. The predicted octanol–water partition coefficient (Wildman–Crippen LogP) is 5.89. The van der Waals surface area contributed by atoms with Crippen molar-refractivity contribution in [3.05, 3.63) is 82.8 Å². The van der Waals surface area contributed by atoms with Crippen LogP contribution in [0.15, 0.2) is 65.7 Å². The Kier molecular flexibility index (Phi) is 6.92. The quantitative estimate of drug-likeness (QED) is 0.279. The summed E-state index contributed by atoms with van der Waals surface area (Å²) in [5.74, 6) is 0.323. The van der Waals surface area contributed by atoms with Gasteiger partial charge in [0.2, 0.25) is 0 Å². The van der Waals surface area contributed by atoms with E-state index in [1.807, 2.05) is 12.1 Å². The molecule has 0 fully saturated rings. The van der Waals surface area contributed by atoms with Gasteiger partial charge in [-0.3, -0.25) is 0 Å². The maximum atomic E-state index is 13.1. The first kappa shape index (κ1) is 19.5. The molecule has 1 heterocycles. The van der Waals surface area contributed by atoms with Gasteiger partial charge in [-0.15, -0.1) is 0 Å². The van der Waals surface area contributed by atoms with Gasteiger partial charge in [0.15, 0.2) is 0 Å². The molecule has 4 nitrogen and oxygen atoms in total. The minimum absolute atomic E-state index is 0.0796. The first-order valence-electron chi connectivity index (χ1n) is 8.31. The van der Waals surface area contributed by atoms with Crippen LogP contribution in [0.3, 0.4) is 0 Å². The van der Waals surface area contributed by atoms with Crippen molar-refractivity contribution in [3.8, 4) is 0 Å². The third-order valence-electron chi connectivity index (χ3n) is 3.69. The first-order chi connectivity index (χ1) is 13.1. The number of halogens is 2. The van der Waals surface area contributed by atoms with E-state index in [0.717, 1.165) is 16.3 Å². The average molecular weight is 404 g/mol. The maximum Gasteiger partial charge on any atom is 0.141 e. The molecular weight excluding hydrogens is 385 g/mol. The number of nitrogens with zero attached hydrogens (tertiary/aromatic N) is 1. The van der Waals surface area contributed by atoms with E-state index in [9.17, 15) is 4.39 Å². The van der Waals surface area contributed by atoms with Crippen LogP contribution < -0.4 is 10.0 Å². The summed E-state index contributed by atoms with van der Waals surface area (Å²) in [7, 11) is 0. The summed E-state index contributed by atoms with van der Waals surface area (Å²) < 4.78 is 22.0. The molecule has 0 aliphatic rings. The van der Waals surface area contributed by atoms with Gasteiger partial charge in [0, 0.05) is 16.8 Å². The number of benzene rings is 2. The fourth-order valence-corrected chi connectivity index (χ4v) is 3.03. The van der Waals surface area contributed by atoms with Crippen LogP contribution in [0.2, 0.25) is 5.02 Å². The Morgan fingerprint density at radius 1 is 1.11 bits per heavy atom. The molecule has 0 saturated carbocycles. The lowest BCUT2D eigenvalue weighted by Crippen LogP contribution is -2.06. The maximum absolute atomic E-state index is 13.1. The number of nitrogens with one attached hydrogen (secondary N) is 2. The highest BCUT2D eigenvalue weighted by Gasteiger charge is 2.02. The molecule has 0 saturated heterocycles. The standard InChI is InChI=1S/C20H19ClFN3OS/c1-14-2-5-17(6-3-14)27-25-20-10-15(8-9-23-20)12-26-13-24-16-4-7-19(22)18(21)11-16/h2-11,24H,12-13H2,1H3,(H,23,25). The summed E-state index contributed by atoms with van der Waals surface area (Å²) in [6.45, 7) is 2.77. The van der Waals surface area contributed by atoms with Crippen LogP contribution in [-0.2, 0) is 11.3 Å². The van der Waals surface area contributed by atoms with Gasteiger partial charge in [-0.1, -0.05) is 29.3 Å². The number of aromatic nitrogens is 1. The number of hydrogen-bond donors (Lipinski definition) is 2.